The molecule has 0 aromatic heterocycles. The molecule has 0 aromatic rings. The van der Waals surface area contributed by atoms with E-state index in [-0.39, 0.29) is 19.4 Å². The van der Waals surface area contributed by atoms with Gasteiger partial charge in [0.1, 0.15) is 0 Å². The Bertz CT molecular complexity index is 365. The number of hydrogen-bond acceptors (Lipinski definition) is 4. The summed E-state index contributed by atoms with van der Waals surface area (Å²) in [7, 11) is -5.51. The summed E-state index contributed by atoms with van der Waals surface area (Å²) < 4.78 is 67.6. The molecule has 0 aliphatic carbocycles. The van der Waals surface area contributed by atoms with E-state index in [4.69, 9.17) is 4.74 Å². The van der Waals surface area contributed by atoms with Crippen molar-refractivity contribution in [3.8, 4) is 0 Å². The molecule has 1 saturated heterocycles. The van der Waals surface area contributed by atoms with Gasteiger partial charge in [-0.25, -0.2) is 0 Å². The molecule has 0 N–H and O–H groups in total. The second-order valence-corrected chi connectivity index (χ2v) is 5.83. The van der Waals surface area contributed by atoms with E-state index >= 15 is 0 Å². The Morgan fingerprint density at radius 1 is 1.47 bits per heavy atom. The Balaban J connectivity index is 2.71. The van der Waals surface area contributed by atoms with Crippen molar-refractivity contribution in [2.45, 2.75) is 50.3 Å². The zero-order valence-electron chi connectivity index (χ0n) is 9.58. The molecule has 0 radical (unpaired) electrons. The Kier molecular flexibility index (Phi) is 4.10. The summed E-state index contributed by atoms with van der Waals surface area (Å²) in [6, 6.07) is 0. The standard InChI is InChI=1S/C9H15F3O4S/c1-3-8(2)6-7(4-5-15-8)16-17(13,14)9(10,11)12/h7H,3-6H2,1-2H3. The third kappa shape index (κ3) is 3.56. The molecule has 0 spiro atoms. The van der Waals surface area contributed by atoms with Crippen molar-refractivity contribution in [1.82, 2.24) is 0 Å². The van der Waals surface area contributed by atoms with Gasteiger partial charge in [0.05, 0.1) is 11.7 Å². The molecule has 1 aliphatic heterocycles. The quantitative estimate of drug-likeness (QED) is 0.586. The van der Waals surface area contributed by atoms with Crippen LogP contribution in [0.1, 0.15) is 33.1 Å². The molecule has 0 saturated carbocycles. The first-order valence-electron chi connectivity index (χ1n) is 5.23. The summed E-state index contributed by atoms with van der Waals surface area (Å²) in [5.41, 5.74) is -5.99. The highest BCUT2D eigenvalue weighted by Gasteiger charge is 2.49. The van der Waals surface area contributed by atoms with Crippen LogP contribution < -0.4 is 0 Å². The molecule has 0 aromatic carbocycles. The maximum atomic E-state index is 12.1. The van der Waals surface area contributed by atoms with Crippen LogP contribution in [0.2, 0.25) is 0 Å². The fraction of sp³-hybridized carbons (Fsp3) is 1.00. The molecule has 1 aliphatic rings. The number of ether oxygens (including phenoxy) is 1. The molecule has 0 bridgehead atoms. The van der Waals surface area contributed by atoms with Gasteiger partial charge in [-0.1, -0.05) is 6.92 Å². The molecule has 1 rings (SSSR count). The first-order valence-corrected chi connectivity index (χ1v) is 6.64. The van der Waals surface area contributed by atoms with E-state index in [1.54, 1.807) is 6.92 Å². The smallest absolute Gasteiger partial charge is 0.375 e. The van der Waals surface area contributed by atoms with E-state index < -0.39 is 27.3 Å². The maximum Gasteiger partial charge on any atom is 0.523 e. The zero-order valence-corrected chi connectivity index (χ0v) is 10.4. The minimum Gasteiger partial charge on any atom is -0.375 e. The van der Waals surface area contributed by atoms with Gasteiger partial charge in [-0.2, -0.15) is 21.6 Å². The Morgan fingerprint density at radius 2 is 2.06 bits per heavy atom. The van der Waals surface area contributed by atoms with Crippen molar-refractivity contribution in [2.24, 2.45) is 0 Å². The first-order chi connectivity index (χ1) is 7.60. The number of halogens is 3. The molecular weight excluding hydrogens is 261 g/mol. The average molecular weight is 276 g/mol. The van der Waals surface area contributed by atoms with Gasteiger partial charge in [-0.05, 0) is 19.8 Å². The minimum absolute atomic E-state index is 0.138. The van der Waals surface area contributed by atoms with Crippen LogP contribution >= 0.6 is 0 Å². The number of hydrogen-bond donors (Lipinski definition) is 0. The van der Waals surface area contributed by atoms with Gasteiger partial charge in [0.25, 0.3) is 0 Å². The lowest BCUT2D eigenvalue weighted by Crippen LogP contribution is -2.42. The van der Waals surface area contributed by atoms with Crippen molar-refractivity contribution >= 4 is 10.1 Å². The van der Waals surface area contributed by atoms with Crippen LogP contribution in [0.15, 0.2) is 0 Å². The van der Waals surface area contributed by atoms with Crippen LogP contribution in [0, 0.1) is 0 Å². The SMILES string of the molecule is CCC1(C)CC(OS(=O)(=O)C(F)(F)F)CCO1. The largest absolute Gasteiger partial charge is 0.523 e. The Labute approximate surface area is 98.2 Å². The lowest BCUT2D eigenvalue weighted by Gasteiger charge is -2.37. The maximum absolute atomic E-state index is 12.1. The fourth-order valence-corrected chi connectivity index (χ4v) is 2.27. The van der Waals surface area contributed by atoms with Gasteiger partial charge in [0.15, 0.2) is 0 Å². The van der Waals surface area contributed by atoms with E-state index in [0.29, 0.717) is 6.42 Å². The van der Waals surface area contributed by atoms with Crippen LogP contribution in [0.3, 0.4) is 0 Å². The van der Waals surface area contributed by atoms with Gasteiger partial charge in [0.2, 0.25) is 0 Å². The molecule has 102 valence electrons. The highest BCUT2D eigenvalue weighted by atomic mass is 32.2. The van der Waals surface area contributed by atoms with Gasteiger partial charge in [-0.15, -0.1) is 0 Å². The molecule has 17 heavy (non-hydrogen) atoms. The van der Waals surface area contributed by atoms with E-state index in [1.807, 2.05) is 6.92 Å². The van der Waals surface area contributed by atoms with Gasteiger partial charge < -0.3 is 4.74 Å². The topological polar surface area (TPSA) is 52.6 Å². The first kappa shape index (κ1) is 14.7. The molecule has 2 unspecified atom stereocenters. The van der Waals surface area contributed by atoms with Gasteiger partial charge in [-0.3, -0.25) is 4.18 Å². The molecule has 1 heterocycles. The van der Waals surface area contributed by atoms with Crippen molar-refractivity contribution in [2.75, 3.05) is 6.61 Å². The van der Waals surface area contributed by atoms with Crippen molar-refractivity contribution < 1.29 is 30.5 Å². The second kappa shape index (κ2) is 4.74. The zero-order chi connectivity index (χ0) is 13.3. The highest BCUT2D eigenvalue weighted by Crippen LogP contribution is 2.33. The Hall–Kier alpha value is -0.340. The predicted molar refractivity (Wildman–Crippen MR) is 53.7 cm³/mol. The second-order valence-electron chi connectivity index (χ2n) is 4.26. The van der Waals surface area contributed by atoms with E-state index in [9.17, 15) is 21.6 Å². The molecule has 2 atom stereocenters. The molecule has 1 fully saturated rings. The summed E-state index contributed by atoms with van der Waals surface area (Å²) in [4.78, 5) is 0. The molecule has 4 nitrogen and oxygen atoms in total. The van der Waals surface area contributed by atoms with Gasteiger partial charge in [0, 0.05) is 13.0 Å². The van der Waals surface area contributed by atoms with E-state index in [2.05, 4.69) is 4.18 Å². The van der Waals surface area contributed by atoms with Crippen LogP contribution in [-0.4, -0.2) is 32.2 Å². The molecular formula is C9H15F3O4S. The lowest BCUT2D eigenvalue weighted by atomic mass is 9.92. The molecule has 0 amide bonds. The minimum atomic E-state index is -5.51. The van der Waals surface area contributed by atoms with Crippen LogP contribution in [-0.2, 0) is 19.0 Å². The van der Waals surface area contributed by atoms with E-state index in [0.717, 1.165) is 0 Å². The van der Waals surface area contributed by atoms with Crippen LogP contribution in [0.5, 0.6) is 0 Å². The summed E-state index contributed by atoms with van der Waals surface area (Å²) in [5.74, 6) is 0. The van der Waals surface area contributed by atoms with Gasteiger partial charge >= 0.3 is 15.6 Å². The summed E-state index contributed by atoms with van der Waals surface area (Å²) in [5, 5.41) is 0. The van der Waals surface area contributed by atoms with Crippen molar-refractivity contribution in [3.05, 3.63) is 0 Å². The summed E-state index contributed by atoms with van der Waals surface area (Å²) in [6.07, 6.45) is -0.108. The fourth-order valence-electron chi connectivity index (χ4n) is 1.64. The monoisotopic (exact) mass is 276 g/mol. The molecule has 8 heteroatoms. The predicted octanol–water partition coefficient (Wildman–Crippen LogP) is 2.20. The normalized spacial score (nSPS) is 31.5. The third-order valence-electron chi connectivity index (χ3n) is 2.84. The average Bonchev–Trinajstić information content (AvgIpc) is 2.15. The Morgan fingerprint density at radius 3 is 2.53 bits per heavy atom. The summed E-state index contributed by atoms with van der Waals surface area (Å²) >= 11 is 0. The lowest BCUT2D eigenvalue weighted by molar-refractivity contribution is -0.109. The van der Waals surface area contributed by atoms with Crippen molar-refractivity contribution in [3.63, 3.8) is 0 Å². The summed E-state index contributed by atoms with van der Waals surface area (Å²) in [6.45, 7) is 3.74. The van der Waals surface area contributed by atoms with Crippen molar-refractivity contribution in [1.29, 1.82) is 0 Å². The van der Waals surface area contributed by atoms with Crippen LogP contribution in [0.25, 0.3) is 0 Å². The third-order valence-corrected chi connectivity index (χ3v) is 3.94. The van der Waals surface area contributed by atoms with E-state index in [1.165, 1.54) is 0 Å². The number of rotatable bonds is 3. The van der Waals surface area contributed by atoms with Crippen LogP contribution in [0.4, 0.5) is 13.2 Å². The highest BCUT2D eigenvalue weighted by molar-refractivity contribution is 7.87. The number of alkyl halides is 3.